The highest BCUT2D eigenvalue weighted by Gasteiger charge is 2.41. The van der Waals surface area contributed by atoms with Crippen LogP contribution < -0.4 is 4.90 Å². The molecule has 0 bridgehead atoms. The molecule has 0 saturated carbocycles. The van der Waals surface area contributed by atoms with E-state index < -0.39 is 0 Å². The van der Waals surface area contributed by atoms with Crippen molar-refractivity contribution < 1.29 is 0 Å². The first-order valence-corrected chi connectivity index (χ1v) is 18.4. The molecule has 8 aromatic rings. The summed E-state index contributed by atoms with van der Waals surface area (Å²) in [5.74, 6) is 0. The van der Waals surface area contributed by atoms with Gasteiger partial charge in [0.25, 0.3) is 0 Å². The fraction of sp³-hybridized carbons (Fsp3) is 0.120. The van der Waals surface area contributed by atoms with E-state index in [1.165, 1.54) is 78.0 Å². The van der Waals surface area contributed by atoms with Gasteiger partial charge in [0.15, 0.2) is 0 Å². The maximum atomic E-state index is 2.47. The molecule has 0 fully saturated rings. The van der Waals surface area contributed by atoms with Crippen LogP contribution in [0.25, 0.3) is 50.1 Å². The van der Waals surface area contributed by atoms with E-state index in [1.807, 2.05) is 0 Å². The predicted molar refractivity (Wildman–Crippen MR) is 219 cm³/mol. The first-order chi connectivity index (χ1) is 25.3. The van der Waals surface area contributed by atoms with Gasteiger partial charge in [-0.05, 0) is 105 Å². The Balaban J connectivity index is 1.08. The SMILES string of the molecule is CC1(C)c2ccccc2-c2ccc(N(c3ccccc3)c3ccc(-c4ccc5c(c4)-c4c(c6ccccc6n4-c4ccccc4)C5(C)C)cc3)cc21. The fourth-order valence-corrected chi connectivity index (χ4v) is 9.23. The lowest BCUT2D eigenvalue weighted by Crippen LogP contribution is -2.16. The molecule has 1 heterocycles. The minimum Gasteiger partial charge on any atom is -0.310 e. The molecule has 250 valence electrons. The molecule has 2 nitrogen and oxygen atoms in total. The lowest BCUT2D eigenvalue weighted by atomic mass is 9.81. The van der Waals surface area contributed by atoms with Gasteiger partial charge in [0, 0.05) is 44.5 Å². The molecule has 52 heavy (non-hydrogen) atoms. The smallest absolute Gasteiger partial charge is 0.0585 e. The highest BCUT2D eigenvalue weighted by Crippen LogP contribution is 2.55. The van der Waals surface area contributed by atoms with Crippen molar-refractivity contribution in [2.45, 2.75) is 38.5 Å². The van der Waals surface area contributed by atoms with E-state index in [2.05, 4.69) is 207 Å². The quantitative estimate of drug-likeness (QED) is 0.177. The van der Waals surface area contributed by atoms with Crippen LogP contribution in [0, 0.1) is 0 Å². The van der Waals surface area contributed by atoms with Gasteiger partial charge in [0.2, 0.25) is 0 Å². The number of para-hydroxylation sites is 3. The van der Waals surface area contributed by atoms with Crippen LogP contribution in [0.15, 0.2) is 170 Å². The normalized spacial score (nSPS) is 14.5. The lowest BCUT2D eigenvalue weighted by molar-refractivity contribution is 0.660. The minimum atomic E-state index is -0.116. The minimum absolute atomic E-state index is 0.0671. The number of nitrogens with zero attached hydrogens (tertiary/aromatic N) is 2. The molecule has 0 spiro atoms. The fourth-order valence-electron chi connectivity index (χ4n) is 9.23. The van der Waals surface area contributed by atoms with Gasteiger partial charge in [0.05, 0.1) is 11.2 Å². The topological polar surface area (TPSA) is 8.17 Å². The van der Waals surface area contributed by atoms with Gasteiger partial charge in [-0.25, -0.2) is 0 Å². The number of hydrogen-bond acceptors (Lipinski definition) is 1. The second-order valence-electron chi connectivity index (χ2n) is 15.4. The lowest BCUT2D eigenvalue weighted by Gasteiger charge is -2.28. The molecule has 2 heteroatoms. The van der Waals surface area contributed by atoms with Crippen molar-refractivity contribution in [3.8, 4) is 39.2 Å². The molecule has 7 aromatic carbocycles. The van der Waals surface area contributed by atoms with E-state index in [9.17, 15) is 0 Å². The maximum Gasteiger partial charge on any atom is 0.0585 e. The molecule has 0 amide bonds. The molecule has 0 saturated heterocycles. The number of rotatable bonds is 5. The van der Waals surface area contributed by atoms with E-state index in [1.54, 1.807) is 0 Å². The summed E-state index contributed by atoms with van der Waals surface area (Å²) in [7, 11) is 0. The van der Waals surface area contributed by atoms with E-state index in [-0.39, 0.29) is 10.8 Å². The molecule has 0 unspecified atom stereocenters. The van der Waals surface area contributed by atoms with Gasteiger partial charge in [-0.15, -0.1) is 0 Å². The number of aromatic nitrogens is 1. The van der Waals surface area contributed by atoms with E-state index in [4.69, 9.17) is 0 Å². The number of fused-ring (bicyclic) bond motifs is 8. The first kappa shape index (κ1) is 30.7. The van der Waals surface area contributed by atoms with Gasteiger partial charge < -0.3 is 9.47 Å². The highest BCUT2D eigenvalue weighted by molar-refractivity contribution is 6.00. The maximum absolute atomic E-state index is 2.47. The number of anilines is 3. The molecule has 10 rings (SSSR count). The predicted octanol–water partition coefficient (Wildman–Crippen LogP) is 13.4. The number of hydrogen-bond donors (Lipinski definition) is 0. The van der Waals surface area contributed by atoms with Gasteiger partial charge in [0.1, 0.15) is 0 Å². The third-order valence-corrected chi connectivity index (χ3v) is 11.8. The summed E-state index contributed by atoms with van der Waals surface area (Å²) in [6, 6.07) is 62.5. The summed E-state index contributed by atoms with van der Waals surface area (Å²) in [4.78, 5) is 2.39. The second kappa shape index (κ2) is 11.2. The molecular formula is C50H40N2. The van der Waals surface area contributed by atoms with Crippen molar-refractivity contribution in [3.63, 3.8) is 0 Å². The molecule has 0 aliphatic heterocycles. The third kappa shape index (κ3) is 4.37. The average molecular weight is 669 g/mol. The van der Waals surface area contributed by atoms with Crippen molar-refractivity contribution in [1.29, 1.82) is 0 Å². The van der Waals surface area contributed by atoms with Crippen LogP contribution in [0.4, 0.5) is 17.1 Å². The van der Waals surface area contributed by atoms with E-state index in [0.29, 0.717) is 0 Å². The molecule has 0 atom stereocenters. The summed E-state index contributed by atoms with van der Waals surface area (Å²) in [5, 5.41) is 1.33. The molecule has 1 aromatic heterocycles. The van der Waals surface area contributed by atoms with Crippen LogP contribution in [0.1, 0.15) is 49.9 Å². The van der Waals surface area contributed by atoms with Crippen LogP contribution in [0.5, 0.6) is 0 Å². The number of benzene rings is 7. The van der Waals surface area contributed by atoms with Crippen LogP contribution >= 0.6 is 0 Å². The van der Waals surface area contributed by atoms with Crippen LogP contribution in [-0.4, -0.2) is 4.57 Å². The largest absolute Gasteiger partial charge is 0.310 e. The standard InChI is InChI=1S/C50H40N2/c1-49(2)43-21-13-11-19-39(43)40-29-28-38(32-45(40)49)51(35-15-7-5-8-16-35)37-26-23-33(24-27-37)34-25-30-44-42(31-34)48-47(50(44,3)4)41-20-12-14-22-46(41)52(48)36-17-9-6-10-18-36/h5-32H,1-4H3. The summed E-state index contributed by atoms with van der Waals surface area (Å²) in [6.45, 7) is 9.46. The Morgan fingerprint density at radius 1 is 0.423 bits per heavy atom. The highest BCUT2D eigenvalue weighted by atomic mass is 15.1. The molecule has 0 radical (unpaired) electrons. The van der Waals surface area contributed by atoms with Crippen LogP contribution in [0.3, 0.4) is 0 Å². The Hall–Kier alpha value is -6.12. The zero-order valence-electron chi connectivity index (χ0n) is 30.1. The van der Waals surface area contributed by atoms with Crippen molar-refractivity contribution in [1.82, 2.24) is 4.57 Å². The first-order valence-electron chi connectivity index (χ1n) is 18.4. The van der Waals surface area contributed by atoms with Gasteiger partial charge in [-0.1, -0.05) is 137 Å². The van der Waals surface area contributed by atoms with Crippen molar-refractivity contribution in [2.24, 2.45) is 0 Å². The molecule has 0 N–H and O–H groups in total. The average Bonchev–Trinajstić information content (AvgIpc) is 3.74. The van der Waals surface area contributed by atoms with Crippen molar-refractivity contribution in [3.05, 3.63) is 192 Å². The molecular weight excluding hydrogens is 629 g/mol. The summed E-state index contributed by atoms with van der Waals surface area (Å²) < 4.78 is 2.47. The second-order valence-corrected chi connectivity index (χ2v) is 15.4. The summed E-state index contributed by atoms with van der Waals surface area (Å²) in [6.07, 6.45) is 0. The zero-order chi connectivity index (χ0) is 35.2. The monoisotopic (exact) mass is 668 g/mol. The van der Waals surface area contributed by atoms with Crippen molar-refractivity contribution >= 4 is 28.0 Å². The Morgan fingerprint density at radius 3 is 1.81 bits per heavy atom. The van der Waals surface area contributed by atoms with E-state index >= 15 is 0 Å². The Kier molecular flexibility index (Phi) is 6.60. The summed E-state index contributed by atoms with van der Waals surface area (Å²) >= 11 is 0. The van der Waals surface area contributed by atoms with Gasteiger partial charge in [-0.2, -0.15) is 0 Å². The van der Waals surface area contributed by atoms with E-state index in [0.717, 1.165) is 11.4 Å². The molecule has 2 aliphatic carbocycles. The Bertz CT molecular complexity index is 2660. The Morgan fingerprint density at radius 2 is 1.02 bits per heavy atom. The summed E-state index contributed by atoms with van der Waals surface area (Å²) in [5.41, 5.74) is 19.0. The molecule has 2 aliphatic rings. The van der Waals surface area contributed by atoms with Crippen LogP contribution in [-0.2, 0) is 10.8 Å². The zero-order valence-corrected chi connectivity index (χ0v) is 30.1. The Labute approximate surface area is 306 Å². The van der Waals surface area contributed by atoms with Crippen molar-refractivity contribution in [2.75, 3.05) is 4.90 Å². The van der Waals surface area contributed by atoms with Gasteiger partial charge >= 0.3 is 0 Å². The van der Waals surface area contributed by atoms with Crippen LogP contribution in [0.2, 0.25) is 0 Å². The van der Waals surface area contributed by atoms with Gasteiger partial charge in [-0.3, -0.25) is 0 Å². The third-order valence-electron chi connectivity index (χ3n) is 11.8.